The average Bonchev–Trinajstić information content (AvgIpc) is 2.72. The third kappa shape index (κ3) is 7.91. The lowest BCUT2D eigenvalue weighted by molar-refractivity contribution is -0.130. The summed E-state index contributed by atoms with van der Waals surface area (Å²) >= 11 is 0. The average molecular weight is 445 g/mol. The lowest BCUT2D eigenvalue weighted by Gasteiger charge is -2.36. The standard InChI is InChI=1S/C27H44O3Si/c1-8-9-10-11-22-12-14-23(15-13-22)24-16-18-25(19-17-24)30-26(28)21(2)20-29-31(6,7)27(3,4)5/h16-19,22-23H,2,8-15,20H2,1,3-7H3. The molecule has 0 aliphatic heterocycles. The van der Waals surface area contributed by atoms with Gasteiger partial charge in [0.25, 0.3) is 0 Å². The molecule has 0 spiro atoms. The largest absolute Gasteiger partial charge is 0.423 e. The predicted molar refractivity (Wildman–Crippen MR) is 133 cm³/mol. The highest BCUT2D eigenvalue weighted by molar-refractivity contribution is 6.74. The zero-order valence-corrected chi connectivity index (χ0v) is 21.8. The lowest BCUT2D eigenvalue weighted by atomic mass is 9.77. The van der Waals surface area contributed by atoms with E-state index in [2.05, 4.69) is 59.5 Å². The lowest BCUT2D eigenvalue weighted by Crippen LogP contribution is -2.41. The van der Waals surface area contributed by atoms with Gasteiger partial charge in [0, 0.05) is 0 Å². The molecule has 0 bridgehead atoms. The fourth-order valence-electron chi connectivity index (χ4n) is 4.00. The van der Waals surface area contributed by atoms with Crippen molar-refractivity contribution in [2.45, 2.75) is 103 Å². The monoisotopic (exact) mass is 444 g/mol. The Morgan fingerprint density at radius 3 is 2.23 bits per heavy atom. The van der Waals surface area contributed by atoms with Crippen LogP contribution in [0.5, 0.6) is 5.75 Å². The van der Waals surface area contributed by atoms with Crippen molar-refractivity contribution in [2.75, 3.05) is 6.61 Å². The van der Waals surface area contributed by atoms with Crippen LogP contribution in [0, 0.1) is 5.92 Å². The van der Waals surface area contributed by atoms with E-state index >= 15 is 0 Å². The highest BCUT2D eigenvalue weighted by atomic mass is 28.4. The van der Waals surface area contributed by atoms with Crippen LogP contribution < -0.4 is 4.74 Å². The molecule has 31 heavy (non-hydrogen) atoms. The zero-order valence-electron chi connectivity index (χ0n) is 20.8. The number of hydrogen-bond donors (Lipinski definition) is 0. The Bertz CT molecular complexity index is 707. The minimum absolute atomic E-state index is 0.0989. The minimum Gasteiger partial charge on any atom is -0.423 e. The number of carbonyl (C=O) groups is 1. The first-order chi connectivity index (χ1) is 14.5. The molecule has 0 aromatic heterocycles. The Balaban J connectivity index is 1.80. The molecule has 1 aromatic rings. The molecule has 1 aliphatic rings. The van der Waals surface area contributed by atoms with Crippen LogP contribution in [0.25, 0.3) is 0 Å². The van der Waals surface area contributed by atoms with E-state index in [1.807, 2.05) is 12.1 Å². The molecule has 1 saturated carbocycles. The number of hydrogen-bond acceptors (Lipinski definition) is 3. The Kier molecular flexibility index (Phi) is 9.57. The number of benzene rings is 1. The molecule has 0 atom stereocenters. The maximum Gasteiger partial charge on any atom is 0.341 e. The molecular weight excluding hydrogens is 400 g/mol. The van der Waals surface area contributed by atoms with Crippen molar-refractivity contribution in [3.8, 4) is 5.75 Å². The van der Waals surface area contributed by atoms with E-state index in [1.54, 1.807) is 0 Å². The van der Waals surface area contributed by atoms with E-state index < -0.39 is 14.3 Å². The minimum atomic E-state index is -1.92. The zero-order chi connectivity index (χ0) is 23.1. The fraction of sp³-hybridized carbons (Fsp3) is 0.667. The van der Waals surface area contributed by atoms with E-state index in [9.17, 15) is 4.79 Å². The highest BCUT2D eigenvalue weighted by Gasteiger charge is 2.37. The SMILES string of the molecule is C=C(CO[Si](C)(C)C(C)(C)C)C(=O)Oc1ccc(C2CCC(CCCCC)CC2)cc1. The number of esters is 1. The summed E-state index contributed by atoms with van der Waals surface area (Å²) in [5.74, 6) is 1.73. The first-order valence-corrected chi connectivity index (χ1v) is 15.1. The number of carbonyl (C=O) groups excluding carboxylic acids is 1. The summed E-state index contributed by atoms with van der Waals surface area (Å²) in [7, 11) is -1.92. The van der Waals surface area contributed by atoms with E-state index in [4.69, 9.17) is 9.16 Å². The van der Waals surface area contributed by atoms with Gasteiger partial charge in [-0.05, 0) is 73.3 Å². The molecule has 0 amide bonds. The van der Waals surface area contributed by atoms with Crippen molar-refractivity contribution in [3.05, 3.63) is 42.0 Å². The Hall–Kier alpha value is -1.39. The van der Waals surface area contributed by atoms with Crippen LogP contribution in [0.3, 0.4) is 0 Å². The summed E-state index contributed by atoms with van der Waals surface area (Å²) < 4.78 is 11.6. The van der Waals surface area contributed by atoms with Gasteiger partial charge >= 0.3 is 5.97 Å². The van der Waals surface area contributed by atoms with Crippen LogP contribution in [0.2, 0.25) is 18.1 Å². The fourth-order valence-corrected chi connectivity index (χ4v) is 4.97. The highest BCUT2D eigenvalue weighted by Crippen LogP contribution is 2.38. The van der Waals surface area contributed by atoms with Crippen LogP contribution in [-0.2, 0) is 9.22 Å². The third-order valence-electron chi connectivity index (χ3n) is 7.33. The van der Waals surface area contributed by atoms with Gasteiger partial charge < -0.3 is 9.16 Å². The molecule has 2 rings (SSSR count). The quantitative estimate of drug-likeness (QED) is 0.120. The Morgan fingerprint density at radius 2 is 1.68 bits per heavy atom. The topological polar surface area (TPSA) is 35.5 Å². The summed E-state index contributed by atoms with van der Waals surface area (Å²) in [5, 5.41) is 0.0989. The summed E-state index contributed by atoms with van der Waals surface area (Å²) in [6.07, 6.45) is 10.7. The smallest absolute Gasteiger partial charge is 0.341 e. The molecule has 3 nitrogen and oxygen atoms in total. The van der Waals surface area contributed by atoms with E-state index in [0.29, 0.717) is 17.2 Å². The van der Waals surface area contributed by atoms with Crippen LogP contribution in [-0.4, -0.2) is 20.9 Å². The summed E-state index contributed by atoms with van der Waals surface area (Å²) in [6.45, 7) is 17.3. The first kappa shape index (κ1) is 25.9. The normalized spacial score (nSPS) is 19.8. The molecular formula is C27H44O3Si. The summed E-state index contributed by atoms with van der Waals surface area (Å²) in [4.78, 5) is 12.4. The van der Waals surface area contributed by atoms with E-state index in [0.717, 1.165) is 5.92 Å². The molecule has 1 fully saturated rings. The van der Waals surface area contributed by atoms with Crippen molar-refractivity contribution < 1.29 is 14.0 Å². The number of ether oxygens (including phenoxy) is 1. The van der Waals surface area contributed by atoms with Gasteiger partial charge in [0.1, 0.15) is 5.75 Å². The van der Waals surface area contributed by atoms with Crippen molar-refractivity contribution in [1.29, 1.82) is 0 Å². The van der Waals surface area contributed by atoms with Gasteiger partial charge in [-0.1, -0.05) is 72.1 Å². The number of rotatable bonds is 10. The van der Waals surface area contributed by atoms with Crippen molar-refractivity contribution in [1.82, 2.24) is 0 Å². The van der Waals surface area contributed by atoms with Gasteiger partial charge in [0.15, 0.2) is 8.32 Å². The molecule has 0 N–H and O–H groups in total. The summed E-state index contributed by atoms with van der Waals surface area (Å²) in [5.41, 5.74) is 1.74. The molecule has 0 unspecified atom stereocenters. The molecule has 1 aromatic carbocycles. The van der Waals surface area contributed by atoms with Gasteiger partial charge in [0.2, 0.25) is 0 Å². The molecule has 4 heteroatoms. The van der Waals surface area contributed by atoms with Crippen LogP contribution in [0.4, 0.5) is 0 Å². The van der Waals surface area contributed by atoms with E-state index in [-0.39, 0.29) is 11.6 Å². The Labute approximate surface area is 191 Å². The van der Waals surface area contributed by atoms with Crippen LogP contribution in [0.15, 0.2) is 36.4 Å². The van der Waals surface area contributed by atoms with Crippen LogP contribution >= 0.6 is 0 Å². The van der Waals surface area contributed by atoms with Crippen LogP contribution in [0.1, 0.15) is 90.5 Å². The van der Waals surface area contributed by atoms with Gasteiger partial charge in [-0.15, -0.1) is 0 Å². The van der Waals surface area contributed by atoms with Gasteiger partial charge in [0.05, 0.1) is 12.2 Å². The maximum absolute atomic E-state index is 12.4. The van der Waals surface area contributed by atoms with E-state index in [1.165, 1.54) is 56.9 Å². The Morgan fingerprint density at radius 1 is 1.06 bits per heavy atom. The predicted octanol–water partition coefficient (Wildman–Crippen LogP) is 8.02. The summed E-state index contributed by atoms with van der Waals surface area (Å²) in [6, 6.07) is 8.09. The van der Waals surface area contributed by atoms with Crippen molar-refractivity contribution in [2.24, 2.45) is 5.92 Å². The molecule has 1 aliphatic carbocycles. The second-order valence-electron chi connectivity index (χ2n) is 10.8. The second kappa shape index (κ2) is 11.5. The first-order valence-electron chi connectivity index (χ1n) is 12.2. The van der Waals surface area contributed by atoms with Crippen molar-refractivity contribution >= 4 is 14.3 Å². The molecule has 0 radical (unpaired) electrons. The van der Waals surface area contributed by atoms with Gasteiger partial charge in [-0.3, -0.25) is 0 Å². The second-order valence-corrected chi connectivity index (χ2v) is 15.6. The molecule has 174 valence electrons. The van der Waals surface area contributed by atoms with Gasteiger partial charge in [-0.25, -0.2) is 4.79 Å². The maximum atomic E-state index is 12.4. The third-order valence-corrected chi connectivity index (χ3v) is 11.8. The molecule has 0 saturated heterocycles. The van der Waals surface area contributed by atoms with Gasteiger partial charge in [-0.2, -0.15) is 0 Å². The number of unbranched alkanes of at least 4 members (excludes halogenated alkanes) is 2. The van der Waals surface area contributed by atoms with Crippen molar-refractivity contribution in [3.63, 3.8) is 0 Å². The molecule has 0 heterocycles.